The second kappa shape index (κ2) is 7.97. The van der Waals surface area contributed by atoms with Gasteiger partial charge in [0.05, 0.1) is 10.1 Å². The number of hydrogen-bond donors (Lipinski definition) is 0. The number of carbonyl (C=O) groups is 1. The third-order valence-corrected chi connectivity index (χ3v) is 6.02. The molecule has 0 saturated heterocycles. The molecule has 130 valence electrons. The lowest BCUT2D eigenvalue weighted by molar-refractivity contribution is 0.0994. The van der Waals surface area contributed by atoms with E-state index in [-0.39, 0.29) is 11.0 Å². The highest BCUT2D eigenvalue weighted by Crippen LogP contribution is 2.30. The van der Waals surface area contributed by atoms with Gasteiger partial charge >= 0.3 is 0 Å². The zero-order valence-electron chi connectivity index (χ0n) is 14.6. The first-order valence-electron chi connectivity index (χ1n) is 8.40. The van der Waals surface area contributed by atoms with Gasteiger partial charge in [0.1, 0.15) is 0 Å². The number of rotatable bonds is 7. The highest BCUT2D eigenvalue weighted by Gasteiger charge is 2.21. The van der Waals surface area contributed by atoms with E-state index < -0.39 is 0 Å². The van der Waals surface area contributed by atoms with Crippen LogP contribution in [0.4, 0.5) is 0 Å². The molecule has 2 aromatic heterocycles. The van der Waals surface area contributed by atoms with Crippen molar-refractivity contribution in [1.29, 1.82) is 0 Å². The number of aromatic nitrogens is 3. The van der Waals surface area contributed by atoms with Crippen molar-refractivity contribution in [3.05, 3.63) is 52.9 Å². The van der Waals surface area contributed by atoms with Gasteiger partial charge in [-0.3, -0.25) is 4.79 Å². The Bertz CT molecular complexity index is 838. The fraction of sp³-hybridized carbons (Fsp3) is 0.316. The highest BCUT2D eigenvalue weighted by molar-refractivity contribution is 8.00. The van der Waals surface area contributed by atoms with Crippen LogP contribution >= 0.6 is 23.1 Å². The Labute approximate surface area is 156 Å². The van der Waals surface area contributed by atoms with E-state index >= 15 is 0 Å². The van der Waals surface area contributed by atoms with Crippen LogP contribution in [-0.2, 0) is 13.0 Å². The summed E-state index contributed by atoms with van der Waals surface area (Å²) in [5, 5.41) is 11.3. The van der Waals surface area contributed by atoms with Gasteiger partial charge in [0.2, 0.25) is 0 Å². The van der Waals surface area contributed by atoms with Crippen molar-refractivity contribution in [2.45, 2.75) is 44.1 Å². The summed E-state index contributed by atoms with van der Waals surface area (Å²) in [5.41, 5.74) is 1.99. The summed E-state index contributed by atoms with van der Waals surface area (Å²) in [6, 6.07) is 11.9. The van der Waals surface area contributed by atoms with Crippen LogP contribution in [0, 0.1) is 0 Å². The lowest BCUT2D eigenvalue weighted by Gasteiger charge is -2.11. The SMILES string of the molecule is CCc1ccc(C(=O)[C@@H](C)Sc2nnc(-c3cccs3)n2CC)cc1. The Morgan fingerprint density at radius 1 is 1.20 bits per heavy atom. The number of nitrogens with zero attached hydrogens (tertiary/aromatic N) is 3. The van der Waals surface area contributed by atoms with Crippen LogP contribution < -0.4 is 0 Å². The number of hydrogen-bond acceptors (Lipinski definition) is 5. The number of thioether (sulfide) groups is 1. The van der Waals surface area contributed by atoms with Crippen molar-refractivity contribution < 1.29 is 4.79 Å². The topological polar surface area (TPSA) is 47.8 Å². The van der Waals surface area contributed by atoms with Gasteiger partial charge in [0, 0.05) is 12.1 Å². The second-order valence-electron chi connectivity index (χ2n) is 5.70. The van der Waals surface area contributed by atoms with Crippen molar-refractivity contribution >= 4 is 28.9 Å². The molecule has 25 heavy (non-hydrogen) atoms. The number of Topliss-reactive ketones (excluding diaryl/α,β-unsaturated/α-hetero) is 1. The number of benzene rings is 1. The maximum absolute atomic E-state index is 12.7. The number of carbonyl (C=O) groups excluding carboxylic acids is 1. The molecule has 1 atom stereocenters. The van der Waals surface area contributed by atoms with Gasteiger partial charge in [0.15, 0.2) is 16.8 Å². The number of thiophene rings is 1. The Kier molecular flexibility index (Phi) is 5.71. The summed E-state index contributed by atoms with van der Waals surface area (Å²) in [5.74, 6) is 0.989. The molecular weight excluding hydrogens is 350 g/mol. The first-order chi connectivity index (χ1) is 12.1. The Hall–Kier alpha value is -1.92. The lowest BCUT2D eigenvalue weighted by Crippen LogP contribution is -2.14. The number of ketones is 1. The molecule has 0 bridgehead atoms. The van der Waals surface area contributed by atoms with Crippen LogP contribution in [0.25, 0.3) is 10.7 Å². The van der Waals surface area contributed by atoms with Crippen molar-refractivity contribution in [2.24, 2.45) is 0 Å². The molecule has 6 heteroatoms. The largest absolute Gasteiger partial charge is 0.302 e. The molecule has 0 aliphatic rings. The summed E-state index contributed by atoms with van der Waals surface area (Å²) in [4.78, 5) is 13.8. The molecule has 0 amide bonds. The molecule has 3 rings (SSSR count). The molecule has 0 unspecified atom stereocenters. The fourth-order valence-corrected chi connectivity index (χ4v) is 4.31. The standard InChI is InChI=1S/C19H21N3OS2/c1-4-14-8-10-15(11-9-14)17(23)13(3)25-19-21-20-18(22(19)5-2)16-7-6-12-24-16/h6-13H,4-5H2,1-3H3/t13-/m1/s1. The molecule has 3 aromatic rings. The third kappa shape index (κ3) is 3.85. The maximum Gasteiger partial charge on any atom is 0.192 e. The summed E-state index contributed by atoms with van der Waals surface area (Å²) >= 11 is 3.12. The molecule has 0 spiro atoms. The normalized spacial score (nSPS) is 12.3. The van der Waals surface area contributed by atoms with E-state index in [0.29, 0.717) is 0 Å². The van der Waals surface area contributed by atoms with Gasteiger partial charge in [0.25, 0.3) is 0 Å². The zero-order chi connectivity index (χ0) is 17.8. The maximum atomic E-state index is 12.7. The average molecular weight is 372 g/mol. The van der Waals surface area contributed by atoms with E-state index in [4.69, 9.17) is 0 Å². The van der Waals surface area contributed by atoms with E-state index in [1.165, 1.54) is 17.3 Å². The quantitative estimate of drug-likeness (QED) is 0.435. The Morgan fingerprint density at radius 2 is 1.96 bits per heavy atom. The van der Waals surface area contributed by atoms with Gasteiger partial charge in [-0.2, -0.15) is 0 Å². The summed E-state index contributed by atoms with van der Waals surface area (Å²) in [6.07, 6.45) is 0.976. The Balaban J connectivity index is 1.78. The molecular formula is C19H21N3OS2. The van der Waals surface area contributed by atoms with Crippen molar-refractivity contribution in [1.82, 2.24) is 14.8 Å². The first-order valence-corrected chi connectivity index (χ1v) is 10.2. The van der Waals surface area contributed by atoms with Crippen molar-refractivity contribution in [2.75, 3.05) is 0 Å². The lowest BCUT2D eigenvalue weighted by atomic mass is 10.1. The highest BCUT2D eigenvalue weighted by atomic mass is 32.2. The third-order valence-electron chi connectivity index (χ3n) is 4.07. The monoisotopic (exact) mass is 371 g/mol. The second-order valence-corrected chi connectivity index (χ2v) is 7.96. The van der Waals surface area contributed by atoms with Crippen LogP contribution in [-0.4, -0.2) is 25.8 Å². The van der Waals surface area contributed by atoms with E-state index in [1.807, 2.05) is 48.7 Å². The minimum Gasteiger partial charge on any atom is -0.302 e. The molecule has 2 heterocycles. The predicted octanol–water partition coefficient (Wildman–Crippen LogP) is 4.95. The van der Waals surface area contributed by atoms with Gasteiger partial charge < -0.3 is 4.57 Å². The summed E-state index contributed by atoms with van der Waals surface area (Å²) in [7, 11) is 0. The van der Waals surface area contributed by atoms with Crippen LogP contribution in [0.1, 0.15) is 36.7 Å². The minimum atomic E-state index is -0.210. The molecule has 1 aromatic carbocycles. The van der Waals surface area contributed by atoms with Crippen LogP contribution in [0.2, 0.25) is 0 Å². The zero-order valence-corrected chi connectivity index (χ0v) is 16.2. The van der Waals surface area contributed by atoms with Gasteiger partial charge in [-0.05, 0) is 37.3 Å². The van der Waals surface area contributed by atoms with Crippen molar-refractivity contribution in [3.63, 3.8) is 0 Å². The summed E-state index contributed by atoms with van der Waals surface area (Å²) in [6.45, 7) is 6.88. The Morgan fingerprint density at radius 3 is 2.56 bits per heavy atom. The molecule has 0 aliphatic carbocycles. The van der Waals surface area contributed by atoms with Crippen molar-refractivity contribution in [3.8, 4) is 10.7 Å². The van der Waals surface area contributed by atoms with E-state index in [0.717, 1.165) is 34.4 Å². The van der Waals surface area contributed by atoms with Crippen LogP contribution in [0.3, 0.4) is 0 Å². The molecule has 4 nitrogen and oxygen atoms in total. The number of aryl methyl sites for hydroxylation is 1. The van der Waals surface area contributed by atoms with E-state index in [9.17, 15) is 4.79 Å². The summed E-state index contributed by atoms with van der Waals surface area (Å²) < 4.78 is 2.07. The van der Waals surface area contributed by atoms with Gasteiger partial charge in [-0.1, -0.05) is 49.0 Å². The molecule has 0 radical (unpaired) electrons. The van der Waals surface area contributed by atoms with E-state index in [2.05, 4.69) is 28.6 Å². The van der Waals surface area contributed by atoms with Crippen LogP contribution in [0.5, 0.6) is 0 Å². The molecule has 0 aliphatic heterocycles. The minimum absolute atomic E-state index is 0.121. The van der Waals surface area contributed by atoms with E-state index in [1.54, 1.807) is 11.3 Å². The van der Waals surface area contributed by atoms with Gasteiger partial charge in [-0.25, -0.2) is 0 Å². The molecule has 0 saturated carbocycles. The molecule has 0 N–H and O–H groups in total. The predicted molar refractivity (Wildman–Crippen MR) is 104 cm³/mol. The smallest absolute Gasteiger partial charge is 0.192 e. The first kappa shape index (κ1) is 17.9. The molecule has 0 fully saturated rings. The average Bonchev–Trinajstić information content (AvgIpc) is 3.30. The fourth-order valence-electron chi connectivity index (χ4n) is 2.60. The van der Waals surface area contributed by atoms with Crippen LogP contribution in [0.15, 0.2) is 46.9 Å². The van der Waals surface area contributed by atoms with Gasteiger partial charge in [-0.15, -0.1) is 21.5 Å².